The van der Waals surface area contributed by atoms with Crippen molar-refractivity contribution < 1.29 is 9.28 Å². The van der Waals surface area contributed by atoms with Crippen LogP contribution >= 0.6 is 0 Å². The summed E-state index contributed by atoms with van der Waals surface area (Å²) in [6.07, 6.45) is 20.8. The van der Waals surface area contributed by atoms with E-state index in [1.54, 1.807) is 0 Å². The van der Waals surface area contributed by atoms with Crippen molar-refractivity contribution in [2.75, 3.05) is 26.7 Å². The van der Waals surface area contributed by atoms with Gasteiger partial charge in [0.1, 0.15) is 0 Å². The third-order valence-corrected chi connectivity index (χ3v) is 13.7. The van der Waals surface area contributed by atoms with Crippen molar-refractivity contribution in [2.45, 2.75) is 137 Å². The molecule has 218 valence electrons. The molecule has 0 aromatic carbocycles. The van der Waals surface area contributed by atoms with Crippen LogP contribution in [0.4, 0.5) is 0 Å². The summed E-state index contributed by atoms with van der Waals surface area (Å²) < 4.78 is 0.959. The average molecular weight is 528 g/mol. The lowest BCUT2D eigenvalue weighted by Crippen LogP contribution is -2.57. The molecule has 9 atom stereocenters. The third kappa shape index (κ3) is 5.62. The lowest BCUT2D eigenvalue weighted by molar-refractivity contribution is -0.906. The van der Waals surface area contributed by atoms with Gasteiger partial charge < -0.3 is 9.80 Å². The van der Waals surface area contributed by atoms with Crippen molar-refractivity contribution in [1.82, 2.24) is 5.32 Å². The van der Waals surface area contributed by atoms with Gasteiger partial charge in [-0.25, -0.2) is 0 Å². The smallest absolute Gasteiger partial charge is 0.275 e. The van der Waals surface area contributed by atoms with Gasteiger partial charge in [0, 0.05) is 6.04 Å². The zero-order chi connectivity index (χ0) is 27.1. The Kier molecular flexibility index (Phi) is 8.66. The molecule has 1 heterocycles. The van der Waals surface area contributed by atoms with Crippen molar-refractivity contribution in [3.05, 3.63) is 0 Å². The minimum Gasteiger partial charge on any atom is -0.348 e. The second kappa shape index (κ2) is 11.4. The van der Waals surface area contributed by atoms with Crippen molar-refractivity contribution in [2.24, 2.45) is 52.3 Å². The maximum absolute atomic E-state index is 13.1. The minimum atomic E-state index is 0.324. The number of rotatable bonds is 8. The van der Waals surface area contributed by atoms with Crippen LogP contribution in [0.2, 0.25) is 0 Å². The van der Waals surface area contributed by atoms with E-state index in [0.29, 0.717) is 29.3 Å². The lowest BCUT2D eigenvalue weighted by Gasteiger charge is -2.61. The molecule has 4 saturated carbocycles. The molecule has 5 rings (SSSR count). The number of likely N-dealkylation sites (N-methyl/N-ethyl adjacent to an activating group) is 1. The highest BCUT2D eigenvalue weighted by Gasteiger charge is 2.60. The quantitative estimate of drug-likeness (QED) is 0.317. The van der Waals surface area contributed by atoms with Gasteiger partial charge >= 0.3 is 0 Å². The van der Waals surface area contributed by atoms with Crippen LogP contribution in [0.3, 0.4) is 0 Å². The predicted molar refractivity (Wildman–Crippen MR) is 160 cm³/mol. The van der Waals surface area contributed by atoms with Crippen LogP contribution in [-0.2, 0) is 4.79 Å². The number of fused-ring (bicyclic) bond motifs is 5. The largest absolute Gasteiger partial charge is 0.348 e. The first kappa shape index (κ1) is 28.9. The molecule has 5 fully saturated rings. The van der Waals surface area contributed by atoms with Crippen LogP contribution in [0.15, 0.2) is 0 Å². The van der Waals surface area contributed by atoms with E-state index in [2.05, 4.69) is 47.0 Å². The number of quaternary nitrogens is 1. The molecular weight excluding hydrogens is 464 g/mol. The Bertz CT molecular complexity index is 817. The SMILES string of the molecule is CC(C)CCCC(C)C1CCC2C3CCC4CC(NC(=O)C[N+]5(C)CCCCC5)CCC4(C)C3CCC12C. The van der Waals surface area contributed by atoms with Gasteiger partial charge in [-0.05, 0) is 129 Å². The summed E-state index contributed by atoms with van der Waals surface area (Å²) in [5.74, 6) is 6.73. The number of hydrogen-bond acceptors (Lipinski definition) is 1. The summed E-state index contributed by atoms with van der Waals surface area (Å²) in [4.78, 5) is 13.1. The monoisotopic (exact) mass is 527 g/mol. The second-order valence-corrected chi connectivity index (χ2v) is 16.5. The highest BCUT2D eigenvalue weighted by Crippen LogP contribution is 2.68. The Labute approximate surface area is 236 Å². The maximum atomic E-state index is 13.1. The summed E-state index contributed by atoms with van der Waals surface area (Å²) in [6.45, 7) is 15.8. The Morgan fingerprint density at radius 1 is 0.868 bits per heavy atom. The third-order valence-electron chi connectivity index (χ3n) is 13.7. The Hall–Kier alpha value is -0.570. The van der Waals surface area contributed by atoms with Gasteiger partial charge in [0.05, 0.1) is 20.1 Å². The van der Waals surface area contributed by atoms with E-state index < -0.39 is 0 Å². The number of amides is 1. The Morgan fingerprint density at radius 2 is 1.58 bits per heavy atom. The molecule has 9 unspecified atom stereocenters. The van der Waals surface area contributed by atoms with E-state index in [-0.39, 0.29) is 0 Å². The summed E-state index contributed by atoms with van der Waals surface area (Å²) in [7, 11) is 2.30. The van der Waals surface area contributed by atoms with Crippen LogP contribution in [0.25, 0.3) is 0 Å². The van der Waals surface area contributed by atoms with Gasteiger partial charge in [0.2, 0.25) is 0 Å². The van der Waals surface area contributed by atoms with E-state index >= 15 is 0 Å². The van der Waals surface area contributed by atoms with E-state index in [4.69, 9.17) is 0 Å². The molecule has 1 amide bonds. The normalized spacial score (nSPS) is 43.1. The summed E-state index contributed by atoms with van der Waals surface area (Å²) in [5, 5.41) is 3.54. The van der Waals surface area contributed by atoms with E-state index in [1.165, 1.54) is 109 Å². The first-order valence-electron chi connectivity index (χ1n) is 17.2. The fourth-order valence-electron chi connectivity index (χ4n) is 11.5. The van der Waals surface area contributed by atoms with Crippen molar-refractivity contribution >= 4 is 5.91 Å². The minimum absolute atomic E-state index is 0.324. The molecule has 0 bridgehead atoms. The molecule has 38 heavy (non-hydrogen) atoms. The molecule has 3 nitrogen and oxygen atoms in total. The number of hydrogen-bond donors (Lipinski definition) is 1. The van der Waals surface area contributed by atoms with E-state index in [1.807, 2.05) is 0 Å². The zero-order valence-corrected chi connectivity index (χ0v) is 26.2. The first-order valence-corrected chi connectivity index (χ1v) is 17.2. The molecule has 1 saturated heterocycles. The molecule has 0 aromatic heterocycles. The highest BCUT2D eigenvalue weighted by molar-refractivity contribution is 5.77. The first-order chi connectivity index (χ1) is 18.0. The molecule has 4 aliphatic carbocycles. The van der Waals surface area contributed by atoms with E-state index in [9.17, 15) is 4.79 Å². The molecule has 1 aliphatic heterocycles. The van der Waals surface area contributed by atoms with Gasteiger partial charge in [0.15, 0.2) is 6.54 Å². The van der Waals surface area contributed by atoms with Gasteiger partial charge in [-0.3, -0.25) is 4.79 Å². The number of carbonyl (C=O) groups excluding carboxylic acids is 1. The second-order valence-electron chi connectivity index (χ2n) is 16.5. The summed E-state index contributed by atoms with van der Waals surface area (Å²) in [5.41, 5.74) is 1.11. The molecule has 3 heteroatoms. The number of likely N-dealkylation sites (tertiary alicyclic amines) is 1. The summed E-state index contributed by atoms with van der Waals surface area (Å²) >= 11 is 0. The van der Waals surface area contributed by atoms with Crippen molar-refractivity contribution in [3.63, 3.8) is 0 Å². The topological polar surface area (TPSA) is 29.1 Å². The Morgan fingerprint density at radius 3 is 2.32 bits per heavy atom. The van der Waals surface area contributed by atoms with Crippen LogP contribution in [-0.4, -0.2) is 43.1 Å². The van der Waals surface area contributed by atoms with Crippen LogP contribution < -0.4 is 5.32 Å². The van der Waals surface area contributed by atoms with Gasteiger partial charge in [-0.2, -0.15) is 0 Å². The predicted octanol–water partition coefficient (Wildman–Crippen LogP) is 8.22. The zero-order valence-electron chi connectivity index (χ0n) is 26.2. The molecular formula is C35H63N2O+. The molecule has 1 N–H and O–H groups in total. The fourth-order valence-corrected chi connectivity index (χ4v) is 11.5. The van der Waals surface area contributed by atoms with Gasteiger partial charge in [-0.15, -0.1) is 0 Å². The molecule has 0 radical (unpaired) electrons. The van der Waals surface area contributed by atoms with Gasteiger partial charge in [-0.1, -0.05) is 53.9 Å². The Balaban J connectivity index is 1.18. The van der Waals surface area contributed by atoms with Gasteiger partial charge in [0.25, 0.3) is 5.91 Å². The maximum Gasteiger partial charge on any atom is 0.275 e. The van der Waals surface area contributed by atoms with Crippen LogP contribution in [0.5, 0.6) is 0 Å². The summed E-state index contributed by atoms with van der Waals surface area (Å²) in [6, 6.07) is 0.421. The number of piperidine rings is 1. The molecule has 0 spiro atoms. The fraction of sp³-hybridized carbons (Fsp3) is 0.971. The van der Waals surface area contributed by atoms with Crippen LogP contribution in [0, 0.1) is 52.3 Å². The number of nitrogens with one attached hydrogen (secondary N) is 1. The number of nitrogens with zero attached hydrogens (tertiary/aromatic N) is 1. The lowest BCUT2D eigenvalue weighted by atomic mass is 9.44. The van der Waals surface area contributed by atoms with E-state index in [0.717, 1.165) is 45.9 Å². The average Bonchev–Trinajstić information content (AvgIpc) is 3.21. The van der Waals surface area contributed by atoms with Crippen molar-refractivity contribution in [3.8, 4) is 0 Å². The van der Waals surface area contributed by atoms with Crippen molar-refractivity contribution in [1.29, 1.82) is 0 Å². The molecule has 5 aliphatic rings. The molecule has 0 aromatic rings. The standard InChI is InChI=1S/C35H62N2O/c1-25(2)11-10-12-26(3)30-15-16-31-29-14-13-27-23-28(36-33(38)24-37(6)21-8-7-9-22-37)17-19-34(27,4)32(29)18-20-35(30,31)5/h25-32H,7-24H2,1-6H3/p+1. The van der Waals surface area contributed by atoms with Crippen LogP contribution in [0.1, 0.15) is 131 Å². The number of carbonyl (C=O) groups is 1. The highest BCUT2D eigenvalue weighted by atomic mass is 16.2.